The SMILES string of the molecule is NCCCCc1nncn1C1CC1. The summed E-state index contributed by atoms with van der Waals surface area (Å²) in [5.74, 6) is 1.14. The summed E-state index contributed by atoms with van der Waals surface area (Å²) in [6.45, 7) is 0.775. The summed E-state index contributed by atoms with van der Waals surface area (Å²) < 4.78 is 2.22. The van der Waals surface area contributed by atoms with Gasteiger partial charge in [-0.2, -0.15) is 0 Å². The van der Waals surface area contributed by atoms with Crippen LogP contribution >= 0.6 is 0 Å². The van der Waals surface area contributed by atoms with Gasteiger partial charge >= 0.3 is 0 Å². The van der Waals surface area contributed by atoms with Crippen molar-refractivity contribution in [2.45, 2.75) is 38.1 Å². The number of unbranched alkanes of at least 4 members (excludes halogenated alkanes) is 1. The first-order valence-corrected chi connectivity index (χ1v) is 5.00. The molecule has 1 aliphatic rings. The number of aromatic nitrogens is 3. The lowest BCUT2D eigenvalue weighted by Crippen LogP contribution is -2.03. The average Bonchev–Trinajstić information content (AvgIpc) is 2.88. The van der Waals surface area contributed by atoms with Gasteiger partial charge in [-0.05, 0) is 32.2 Å². The second-order valence-corrected chi connectivity index (χ2v) is 3.63. The molecule has 0 aliphatic heterocycles. The molecule has 72 valence electrons. The van der Waals surface area contributed by atoms with Gasteiger partial charge in [-0.1, -0.05) is 0 Å². The van der Waals surface area contributed by atoms with Gasteiger partial charge in [-0.15, -0.1) is 10.2 Å². The van der Waals surface area contributed by atoms with Crippen molar-refractivity contribution in [3.63, 3.8) is 0 Å². The Morgan fingerprint density at radius 2 is 2.31 bits per heavy atom. The van der Waals surface area contributed by atoms with E-state index in [1.807, 2.05) is 6.33 Å². The molecule has 0 spiro atoms. The smallest absolute Gasteiger partial charge is 0.133 e. The van der Waals surface area contributed by atoms with Gasteiger partial charge in [-0.25, -0.2) is 0 Å². The van der Waals surface area contributed by atoms with Crippen molar-refractivity contribution in [3.05, 3.63) is 12.2 Å². The van der Waals surface area contributed by atoms with E-state index in [0.29, 0.717) is 6.04 Å². The molecule has 0 amide bonds. The van der Waals surface area contributed by atoms with E-state index in [-0.39, 0.29) is 0 Å². The quantitative estimate of drug-likeness (QED) is 0.685. The van der Waals surface area contributed by atoms with Gasteiger partial charge in [0.15, 0.2) is 0 Å². The first-order valence-electron chi connectivity index (χ1n) is 5.00. The molecule has 0 bridgehead atoms. The summed E-state index contributed by atoms with van der Waals surface area (Å²) >= 11 is 0. The Bertz CT molecular complexity index is 264. The maximum absolute atomic E-state index is 5.44. The van der Waals surface area contributed by atoms with Crippen LogP contribution in [0.2, 0.25) is 0 Å². The van der Waals surface area contributed by atoms with Crippen LogP contribution in [0.3, 0.4) is 0 Å². The number of hydrogen-bond acceptors (Lipinski definition) is 3. The molecule has 1 fully saturated rings. The zero-order chi connectivity index (χ0) is 9.10. The van der Waals surface area contributed by atoms with Gasteiger partial charge < -0.3 is 10.3 Å². The molecule has 4 heteroatoms. The van der Waals surface area contributed by atoms with Crippen LogP contribution in [0, 0.1) is 0 Å². The van der Waals surface area contributed by atoms with Gasteiger partial charge in [-0.3, -0.25) is 0 Å². The third-order valence-electron chi connectivity index (χ3n) is 2.44. The van der Waals surface area contributed by atoms with Crippen LogP contribution in [0.15, 0.2) is 6.33 Å². The van der Waals surface area contributed by atoms with Gasteiger partial charge in [0, 0.05) is 12.5 Å². The summed E-state index contributed by atoms with van der Waals surface area (Å²) in [6, 6.07) is 0.697. The van der Waals surface area contributed by atoms with Crippen molar-refractivity contribution in [1.82, 2.24) is 14.8 Å². The van der Waals surface area contributed by atoms with Crippen LogP contribution in [-0.2, 0) is 6.42 Å². The summed E-state index contributed by atoms with van der Waals surface area (Å²) in [6.07, 6.45) is 7.67. The van der Waals surface area contributed by atoms with Crippen molar-refractivity contribution in [3.8, 4) is 0 Å². The minimum absolute atomic E-state index is 0.697. The van der Waals surface area contributed by atoms with Crippen LogP contribution in [0.5, 0.6) is 0 Å². The monoisotopic (exact) mass is 180 g/mol. The highest BCUT2D eigenvalue weighted by molar-refractivity contribution is 4.94. The number of hydrogen-bond donors (Lipinski definition) is 1. The first kappa shape index (κ1) is 8.69. The number of rotatable bonds is 5. The number of aryl methyl sites for hydroxylation is 1. The van der Waals surface area contributed by atoms with E-state index in [2.05, 4.69) is 14.8 Å². The van der Waals surface area contributed by atoms with Crippen molar-refractivity contribution in [2.24, 2.45) is 5.73 Å². The van der Waals surface area contributed by atoms with E-state index >= 15 is 0 Å². The van der Waals surface area contributed by atoms with E-state index in [0.717, 1.165) is 31.6 Å². The maximum Gasteiger partial charge on any atom is 0.133 e. The molecule has 1 saturated carbocycles. The Kier molecular flexibility index (Phi) is 2.59. The largest absolute Gasteiger partial charge is 0.330 e. The highest BCUT2D eigenvalue weighted by Gasteiger charge is 2.25. The average molecular weight is 180 g/mol. The zero-order valence-corrected chi connectivity index (χ0v) is 7.82. The molecular weight excluding hydrogens is 164 g/mol. The van der Waals surface area contributed by atoms with Crippen LogP contribution in [-0.4, -0.2) is 21.3 Å². The Morgan fingerprint density at radius 3 is 3.00 bits per heavy atom. The maximum atomic E-state index is 5.44. The molecule has 1 aromatic rings. The van der Waals surface area contributed by atoms with Crippen molar-refractivity contribution in [2.75, 3.05) is 6.54 Å². The van der Waals surface area contributed by atoms with Gasteiger partial charge in [0.05, 0.1) is 0 Å². The lowest BCUT2D eigenvalue weighted by molar-refractivity contribution is 0.640. The fourth-order valence-electron chi connectivity index (χ4n) is 1.53. The second kappa shape index (κ2) is 3.87. The molecule has 2 N–H and O–H groups in total. The molecule has 4 nitrogen and oxygen atoms in total. The number of nitrogens with two attached hydrogens (primary N) is 1. The molecule has 13 heavy (non-hydrogen) atoms. The fourth-order valence-corrected chi connectivity index (χ4v) is 1.53. The topological polar surface area (TPSA) is 56.7 Å². The summed E-state index contributed by atoms with van der Waals surface area (Å²) in [5.41, 5.74) is 5.44. The zero-order valence-electron chi connectivity index (χ0n) is 7.82. The molecule has 1 aliphatic carbocycles. The second-order valence-electron chi connectivity index (χ2n) is 3.63. The molecule has 0 atom stereocenters. The standard InChI is InChI=1S/C9H16N4/c10-6-2-1-3-9-12-11-7-13(9)8-4-5-8/h7-8H,1-6,10H2. The van der Waals surface area contributed by atoms with Crippen LogP contribution < -0.4 is 5.73 Å². The minimum atomic E-state index is 0.697. The van der Waals surface area contributed by atoms with Crippen LogP contribution in [0.25, 0.3) is 0 Å². The van der Waals surface area contributed by atoms with E-state index in [4.69, 9.17) is 5.73 Å². The molecule has 0 saturated heterocycles. The summed E-state index contributed by atoms with van der Waals surface area (Å²) in [7, 11) is 0. The molecular formula is C9H16N4. The Hall–Kier alpha value is -0.900. The molecule has 0 unspecified atom stereocenters. The molecule has 1 aromatic heterocycles. The molecule has 1 heterocycles. The van der Waals surface area contributed by atoms with Crippen LogP contribution in [0.1, 0.15) is 37.5 Å². The predicted molar refractivity (Wildman–Crippen MR) is 50.3 cm³/mol. The van der Waals surface area contributed by atoms with Gasteiger partial charge in [0.2, 0.25) is 0 Å². The molecule has 0 aromatic carbocycles. The predicted octanol–water partition coefficient (Wildman–Crippen LogP) is 0.894. The Labute approximate surface area is 78.1 Å². The molecule has 2 rings (SSSR count). The van der Waals surface area contributed by atoms with Crippen molar-refractivity contribution in [1.29, 1.82) is 0 Å². The third kappa shape index (κ3) is 2.06. The highest BCUT2D eigenvalue weighted by Crippen LogP contribution is 2.35. The highest BCUT2D eigenvalue weighted by atomic mass is 15.3. The fraction of sp³-hybridized carbons (Fsp3) is 0.778. The summed E-state index contributed by atoms with van der Waals surface area (Å²) in [5, 5.41) is 8.07. The van der Waals surface area contributed by atoms with E-state index < -0.39 is 0 Å². The molecule has 0 radical (unpaired) electrons. The minimum Gasteiger partial charge on any atom is -0.330 e. The van der Waals surface area contributed by atoms with E-state index in [1.165, 1.54) is 12.8 Å². The Morgan fingerprint density at radius 1 is 1.46 bits per heavy atom. The lowest BCUT2D eigenvalue weighted by atomic mass is 10.2. The lowest BCUT2D eigenvalue weighted by Gasteiger charge is -2.03. The van der Waals surface area contributed by atoms with Gasteiger partial charge in [0.1, 0.15) is 12.2 Å². The van der Waals surface area contributed by atoms with Crippen molar-refractivity contribution < 1.29 is 0 Å². The van der Waals surface area contributed by atoms with Crippen LogP contribution in [0.4, 0.5) is 0 Å². The van der Waals surface area contributed by atoms with E-state index in [9.17, 15) is 0 Å². The first-order chi connectivity index (χ1) is 6.42. The third-order valence-corrected chi connectivity index (χ3v) is 2.44. The Balaban J connectivity index is 1.90. The van der Waals surface area contributed by atoms with Crippen molar-refractivity contribution >= 4 is 0 Å². The normalized spacial score (nSPS) is 16.4. The summed E-state index contributed by atoms with van der Waals surface area (Å²) in [4.78, 5) is 0. The number of nitrogens with zero attached hydrogens (tertiary/aromatic N) is 3. The van der Waals surface area contributed by atoms with Gasteiger partial charge in [0.25, 0.3) is 0 Å². The van der Waals surface area contributed by atoms with E-state index in [1.54, 1.807) is 0 Å².